The predicted molar refractivity (Wildman–Crippen MR) is 83.4 cm³/mol. The van der Waals surface area contributed by atoms with Crippen LogP contribution >= 0.6 is 15.9 Å². The maximum absolute atomic E-state index is 11.2. The first-order valence-electron chi connectivity index (χ1n) is 6.22. The summed E-state index contributed by atoms with van der Waals surface area (Å²) in [7, 11) is 1.38. The molecule has 2 N–H and O–H groups in total. The average molecular weight is 339 g/mol. The molecule has 0 fully saturated rings. The number of methoxy groups -OCH3 is 1. The third-order valence-corrected chi connectivity index (χ3v) is 3.67. The highest BCUT2D eigenvalue weighted by molar-refractivity contribution is 9.10. The highest BCUT2D eigenvalue weighted by Crippen LogP contribution is 2.21. The van der Waals surface area contributed by atoms with E-state index < -0.39 is 0 Å². The summed E-state index contributed by atoms with van der Waals surface area (Å²) in [5, 5.41) is 0. The van der Waals surface area contributed by atoms with Crippen molar-refractivity contribution in [2.24, 2.45) is 5.73 Å². The maximum Gasteiger partial charge on any atom is 0.305 e. The zero-order chi connectivity index (χ0) is 15.0. The lowest BCUT2D eigenvalue weighted by Crippen LogP contribution is -2.18. The Morgan fingerprint density at radius 3 is 2.70 bits per heavy atom. The van der Waals surface area contributed by atoms with Crippen molar-refractivity contribution in [3.05, 3.63) is 59.0 Å². The Labute approximate surface area is 128 Å². The number of nitrogens with two attached hydrogens (primary N) is 1. The average Bonchev–Trinajstić information content (AvgIpc) is 2.48. The fraction of sp³-hybridized carbons (Fsp3) is 0.267. The third-order valence-electron chi connectivity index (χ3n) is 2.89. The molecule has 0 saturated carbocycles. The normalized spacial score (nSPS) is 11.0. The van der Waals surface area contributed by atoms with Gasteiger partial charge in [0, 0.05) is 22.9 Å². The second-order valence-corrected chi connectivity index (χ2v) is 4.99. The second kappa shape index (κ2) is 8.43. The number of carbonyl (C=O) groups excluding carboxylic acids is 1. The van der Waals surface area contributed by atoms with Gasteiger partial charge in [0.05, 0.1) is 13.5 Å². The van der Waals surface area contributed by atoms with Crippen LogP contribution in [0.15, 0.2) is 53.4 Å². The van der Waals surface area contributed by atoms with E-state index in [-0.39, 0.29) is 5.97 Å². The van der Waals surface area contributed by atoms with Crippen LogP contribution in [0, 0.1) is 0 Å². The summed E-state index contributed by atoms with van der Waals surface area (Å²) in [6.45, 7) is 4.44. The van der Waals surface area contributed by atoms with E-state index in [1.54, 1.807) is 6.20 Å². The molecule has 5 heteroatoms. The van der Waals surface area contributed by atoms with Gasteiger partial charge in [-0.25, -0.2) is 0 Å². The molecule has 1 aromatic rings. The van der Waals surface area contributed by atoms with Gasteiger partial charge in [0.2, 0.25) is 0 Å². The number of ether oxygens (including phenoxy) is 1. The van der Waals surface area contributed by atoms with Gasteiger partial charge < -0.3 is 15.4 Å². The quantitative estimate of drug-likeness (QED) is 0.776. The minimum Gasteiger partial charge on any atom is -0.469 e. The van der Waals surface area contributed by atoms with Crippen LogP contribution in [0.3, 0.4) is 0 Å². The largest absolute Gasteiger partial charge is 0.469 e. The fourth-order valence-electron chi connectivity index (χ4n) is 1.75. The van der Waals surface area contributed by atoms with E-state index in [0.29, 0.717) is 19.4 Å². The number of halogens is 1. The van der Waals surface area contributed by atoms with Crippen molar-refractivity contribution in [1.29, 1.82) is 0 Å². The first kappa shape index (κ1) is 16.3. The Balaban J connectivity index is 2.75. The molecule has 0 aliphatic carbocycles. The molecule has 108 valence electrons. The van der Waals surface area contributed by atoms with Crippen LogP contribution < -0.4 is 5.73 Å². The van der Waals surface area contributed by atoms with Gasteiger partial charge in [-0.3, -0.25) is 4.79 Å². The summed E-state index contributed by atoms with van der Waals surface area (Å²) in [6, 6.07) is 7.94. The Kier molecular flexibility index (Phi) is 6.87. The minimum atomic E-state index is -0.255. The predicted octanol–water partition coefficient (Wildman–Crippen LogP) is 3.15. The van der Waals surface area contributed by atoms with Crippen LogP contribution in [-0.4, -0.2) is 18.0 Å². The topological polar surface area (TPSA) is 55.6 Å². The molecular formula is C15H19BrN2O2. The van der Waals surface area contributed by atoms with Crippen molar-refractivity contribution in [2.75, 3.05) is 7.11 Å². The van der Waals surface area contributed by atoms with E-state index in [1.807, 2.05) is 29.2 Å². The van der Waals surface area contributed by atoms with E-state index in [4.69, 9.17) is 5.73 Å². The molecule has 0 aliphatic rings. The number of nitrogens with zero attached hydrogens (tertiary/aromatic N) is 1. The molecule has 0 aliphatic heterocycles. The zero-order valence-electron chi connectivity index (χ0n) is 11.5. The molecule has 0 heterocycles. The van der Waals surface area contributed by atoms with Gasteiger partial charge in [-0.15, -0.1) is 0 Å². The summed E-state index contributed by atoms with van der Waals surface area (Å²) in [4.78, 5) is 13.1. The number of allylic oxidation sites excluding steroid dienone is 1. The number of esters is 1. The molecule has 0 bridgehead atoms. The van der Waals surface area contributed by atoms with Crippen LogP contribution in [0.4, 0.5) is 0 Å². The molecular weight excluding hydrogens is 320 g/mol. The van der Waals surface area contributed by atoms with Crippen LogP contribution in [0.1, 0.15) is 18.4 Å². The van der Waals surface area contributed by atoms with Gasteiger partial charge in [-0.05, 0) is 24.3 Å². The summed E-state index contributed by atoms with van der Waals surface area (Å²) >= 11 is 3.51. The van der Waals surface area contributed by atoms with Gasteiger partial charge in [0.1, 0.15) is 0 Å². The number of rotatable bonds is 7. The van der Waals surface area contributed by atoms with Crippen LogP contribution in [0.25, 0.3) is 0 Å². The molecule has 4 nitrogen and oxygen atoms in total. The summed E-state index contributed by atoms with van der Waals surface area (Å²) in [5.74, 6) is -0.255. The van der Waals surface area contributed by atoms with E-state index in [2.05, 4.69) is 27.2 Å². The first-order valence-corrected chi connectivity index (χ1v) is 7.01. The lowest BCUT2D eigenvalue weighted by molar-refractivity contribution is -0.140. The van der Waals surface area contributed by atoms with Crippen molar-refractivity contribution in [3.8, 4) is 0 Å². The fourth-order valence-corrected chi connectivity index (χ4v) is 2.16. The molecule has 0 amide bonds. The number of carbonyl (C=O) groups is 1. The minimum absolute atomic E-state index is 0.255. The van der Waals surface area contributed by atoms with Crippen molar-refractivity contribution >= 4 is 21.9 Å². The van der Waals surface area contributed by atoms with Crippen molar-refractivity contribution in [3.63, 3.8) is 0 Å². The Bertz CT molecular complexity index is 500. The number of hydrogen-bond donors (Lipinski definition) is 1. The van der Waals surface area contributed by atoms with Crippen molar-refractivity contribution < 1.29 is 9.53 Å². The monoisotopic (exact) mass is 338 g/mol. The molecule has 0 radical (unpaired) electrons. The van der Waals surface area contributed by atoms with Crippen molar-refractivity contribution in [2.45, 2.75) is 19.4 Å². The molecule has 1 rings (SSSR count). The van der Waals surface area contributed by atoms with Gasteiger partial charge in [0.15, 0.2) is 0 Å². The lowest BCUT2D eigenvalue weighted by Gasteiger charge is -2.23. The first-order chi connectivity index (χ1) is 9.62. The highest BCUT2D eigenvalue weighted by atomic mass is 79.9. The Hall–Kier alpha value is -1.75. The SMILES string of the molecule is C=CN(Cc1ccccc1Br)/C(=C\N)CCC(=O)OC. The van der Waals surface area contributed by atoms with E-state index >= 15 is 0 Å². The molecule has 0 saturated heterocycles. The summed E-state index contributed by atoms with van der Waals surface area (Å²) in [5.41, 5.74) is 7.60. The molecule has 0 atom stereocenters. The number of hydrogen-bond acceptors (Lipinski definition) is 4. The van der Waals surface area contributed by atoms with E-state index in [9.17, 15) is 4.79 Å². The molecule has 0 spiro atoms. The van der Waals surface area contributed by atoms with Crippen LogP contribution in [0.2, 0.25) is 0 Å². The van der Waals surface area contributed by atoms with Gasteiger partial charge in [0.25, 0.3) is 0 Å². The Morgan fingerprint density at radius 1 is 1.45 bits per heavy atom. The molecule has 20 heavy (non-hydrogen) atoms. The van der Waals surface area contributed by atoms with Crippen LogP contribution in [0.5, 0.6) is 0 Å². The van der Waals surface area contributed by atoms with Gasteiger partial charge in [-0.2, -0.15) is 0 Å². The molecule has 0 unspecified atom stereocenters. The van der Waals surface area contributed by atoms with Crippen LogP contribution in [-0.2, 0) is 16.1 Å². The molecule has 1 aromatic carbocycles. The molecule has 0 aromatic heterocycles. The van der Waals surface area contributed by atoms with E-state index in [0.717, 1.165) is 15.7 Å². The second-order valence-electron chi connectivity index (χ2n) is 4.14. The smallest absolute Gasteiger partial charge is 0.305 e. The van der Waals surface area contributed by atoms with E-state index in [1.165, 1.54) is 13.3 Å². The third kappa shape index (κ3) is 4.74. The van der Waals surface area contributed by atoms with Gasteiger partial charge >= 0.3 is 5.97 Å². The summed E-state index contributed by atoms with van der Waals surface area (Å²) < 4.78 is 5.66. The lowest BCUT2D eigenvalue weighted by atomic mass is 10.1. The zero-order valence-corrected chi connectivity index (χ0v) is 13.1. The number of benzene rings is 1. The van der Waals surface area contributed by atoms with Gasteiger partial charge in [-0.1, -0.05) is 40.7 Å². The maximum atomic E-state index is 11.2. The summed E-state index contributed by atoms with van der Waals surface area (Å²) in [6.07, 6.45) is 4.01. The standard InChI is InChI=1S/C15H19BrN2O2/c1-3-18(11-12-6-4-5-7-14(12)16)13(10-17)8-9-15(19)20-2/h3-7,10H,1,8-9,11,17H2,2H3/b13-10-. The van der Waals surface area contributed by atoms with Crippen molar-refractivity contribution in [1.82, 2.24) is 4.90 Å². The Morgan fingerprint density at radius 2 is 2.15 bits per heavy atom. The highest BCUT2D eigenvalue weighted by Gasteiger charge is 2.11.